The number of allylic oxidation sites excluding steroid dienone is 2. The number of nitrogens with zero attached hydrogens (tertiary/aromatic N) is 2. The second kappa shape index (κ2) is 7.99. The molecule has 0 amide bonds. The summed E-state index contributed by atoms with van der Waals surface area (Å²) in [6.45, 7) is 0. The van der Waals surface area contributed by atoms with Gasteiger partial charge < -0.3 is 9.67 Å². The number of aromatic nitrogens is 2. The smallest absolute Gasteiger partial charge is 0.303 e. The van der Waals surface area contributed by atoms with Crippen LogP contribution in [0.25, 0.3) is 16.6 Å². The van der Waals surface area contributed by atoms with Crippen molar-refractivity contribution in [3.8, 4) is 5.69 Å². The molecule has 3 aromatic rings. The van der Waals surface area contributed by atoms with E-state index in [1.165, 1.54) is 5.56 Å². The van der Waals surface area contributed by atoms with E-state index in [0.29, 0.717) is 11.4 Å². The molecule has 1 aromatic carbocycles. The quantitative estimate of drug-likeness (QED) is 0.478. The number of unbranched alkanes of at least 4 members (excludes halogenated alkanes) is 1. The highest BCUT2D eigenvalue weighted by molar-refractivity contribution is 6.31. The summed E-state index contributed by atoms with van der Waals surface area (Å²) >= 11 is 6.18. The molecule has 0 unspecified atom stereocenters. The molecule has 5 heteroatoms. The van der Waals surface area contributed by atoms with E-state index in [2.05, 4.69) is 21.8 Å². The predicted molar refractivity (Wildman–Crippen MR) is 100 cm³/mol. The van der Waals surface area contributed by atoms with Gasteiger partial charge in [-0.15, -0.1) is 0 Å². The maximum absolute atomic E-state index is 10.5. The van der Waals surface area contributed by atoms with Crippen molar-refractivity contribution in [3.63, 3.8) is 0 Å². The van der Waals surface area contributed by atoms with Crippen molar-refractivity contribution in [2.45, 2.75) is 25.7 Å². The fourth-order valence-corrected chi connectivity index (χ4v) is 3.01. The van der Waals surface area contributed by atoms with Gasteiger partial charge in [-0.2, -0.15) is 0 Å². The number of fused-ring (bicyclic) bond motifs is 1. The minimum atomic E-state index is -0.746. The van der Waals surface area contributed by atoms with Crippen molar-refractivity contribution in [1.82, 2.24) is 9.55 Å². The maximum Gasteiger partial charge on any atom is 0.303 e. The molecule has 0 fully saturated rings. The molecule has 2 heterocycles. The van der Waals surface area contributed by atoms with Crippen LogP contribution in [0, 0.1) is 0 Å². The average Bonchev–Trinajstić information content (AvgIpc) is 2.96. The number of benzene rings is 1. The van der Waals surface area contributed by atoms with Gasteiger partial charge in [-0.25, -0.2) is 0 Å². The zero-order valence-corrected chi connectivity index (χ0v) is 14.5. The van der Waals surface area contributed by atoms with E-state index in [9.17, 15) is 4.79 Å². The Bertz CT molecular complexity index is 901. The third-order valence-electron chi connectivity index (χ3n) is 4.04. The van der Waals surface area contributed by atoms with Crippen molar-refractivity contribution in [1.29, 1.82) is 0 Å². The summed E-state index contributed by atoms with van der Waals surface area (Å²) in [7, 11) is 0. The van der Waals surface area contributed by atoms with Crippen molar-refractivity contribution < 1.29 is 9.90 Å². The fraction of sp³-hybridized carbons (Fsp3) is 0.200. The summed E-state index contributed by atoms with van der Waals surface area (Å²) < 4.78 is 2.10. The largest absolute Gasteiger partial charge is 0.481 e. The van der Waals surface area contributed by atoms with Crippen LogP contribution < -0.4 is 0 Å². The van der Waals surface area contributed by atoms with Crippen LogP contribution in [0.15, 0.2) is 61.1 Å². The topological polar surface area (TPSA) is 55.1 Å². The van der Waals surface area contributed by atoms with Gasteiger partial charge in [0.2, 0.25) is 0 Å². The van der Waals surface area contributed by atoms with Gasteiger partial charge in [0.25, 0.3) is 0 Å². The number of hydrogen-bond acceptors (Lipinski definition) is 2. The minimum Gasteiger partial charge on any atom is -0.481 e. The summed E-state index contributed by atoms with van der Waals surface area (Å²) in [5.41, 5.74) is 3.24. The van der Waals surface area contributed by atoms with E-state index in [-0.39, 0.29) is 6.42 Å². The molecule has 4 nitrogen and oxygen atoms in total. The van der Waals surface area contributed by atoms with Crippen LogP contribution >= 0.6 is 11.6 Å². The van der Waals surface area contributed by atoms with E-state index in [1.807, 2.05) is 42.6 Å². The number of hydrogen-bond donors (Lipinski definition) is 1. The lowest BCUT2D eigenvalue weighted by atomic mass is 10.1. The first-order chi connectivity index (χ1) is 12.1. The van der Waals surface area contributed by atoms with Crippen LogP contribution in [0.4, 0.5) is 0 Å². The Kier molecular flexibility index (Phi) is 5.51. The fourth-order valence-electron chi connectivity index (χ4n) is 2.84. The van der Waals surface area contributed by atoms with Crippen LogP contribution in [0.5, 0.6) is 0 Å². The first kappa shape index (κ1) is 17.2. The molecule has 0 spiro atoms. The van der Waals surface area contributed by atoms with Gasteiger partial charge in [-0.05, 0) is 49.1 Å². The number of carbonyl (C=O) groups is 1. The molecule has 0 atom stereocenters. The van der Waals surface area contributed by atoms with E-state index in [4.69, 9.17) is 16.7 Å². The Morgan fingerprint density at radius 1 is 1.28 bits per heavy atom. The van der Waals surface area contributed by atoms with E-state index >= 15 is 0 Å². The molecule has 0 aliphatic carbocycles. The molecule has 2 aromatic heterocycles. The summed E-state index contributed by atoms with van der Waals surface area (Å²) in [5, 5.41) is 10.5. The first-order valence-electron chi connectivity index (χ1n) is 8.22. The van der Waals surface area contributed by atoms with Crippen LogP contribution in [0.3, 0.4) is 0 Å². The number of carboxylic acid groups (broad SMARTS) is 1. The van der Waals surface area contributed by atoms with Crippen LogP contribution in [0.2, 0.25) is 5.02 Å². The molecule has 0 radical (unpaired) electrons. The highest BCUT2D eigenvalue weighted by Crippen LogP contribution is 2.28. The molecule has 25 heavy (non-hydrogen) atoms. The Balaban J connectivity index is 1.84. The van der Waals surface area contributed by atoms with Crippen molar-refractivity contribution in [2.24, 2.45) is 0 Å². The Labute approximate surface area is 151 Å². The Hall–Kier alpha value is -2.59. The second-order valence-corrected chi connectivity index (χ2v) is 6.29. The molecule has 0 aliphatic heterocycles. The molecular weight excluding hydrogens is 336 g/mol. The van der Waals surface area contributed by atoms with Gasteiger partial charge in [-0.1, -0.05) is 29.8 Å². The van der Waals surface area contributed by atoms with Gasteiger partial charge >= 0.3 is 5.97 Å². The molecular formula is C20H19ClN2O2. The van der Waals surface area contributed by atoms with Gasteiger partial charge in [0, 0.05) is 29.2 Å². The molecule has 0 bridgehead atoms. The van der Waals surface area contributed by atoms with Crippen molar-refractivity contribution in [3.05, 3.63) is 71.7 Å². The van der Waals surface area contributed by atoms with E-state index in [1.54, 1.807) is 6.20 Å². The third-order valence-corrected chi connectivity index (χ3v) is 4.28. The maximum atomic E-state index is 10.5. The molecule has 0 aliphatic rings. The minimum absolute atomic E-state index is 0.211. The van der Waals surface area contributed by atoms with Crippen molar-refractivity contribution >= 4 is 28.5 Å². The molecule has 0 saturated carbocycles. The van der Waals surface area contributed by atoms with Gasteiger partial charge in [0.1, 0.15) is 0 Å². The Morgan fingerprint density at radius 3 is 2.92 bits per heavy atom. The van der Waals surface area contributed by atoms with Crippen LogP contribution in [-0.4, -0.2) is 20.6 Å². The average molecular weight is 355 g/mol. The second-order valence-electron chi connectivity index (χ2n) is 5.86. The number of rotatable bonds is 7. The number of carboxylic acids is 1. The van der Waals surface area contributed by atoms with Crippen LogP contribution in [0.1, 0.15) is 24.8 Å². The summed E-state index contributed by atoms with van der Waals surface area (Å²) in [6.07, 6.45) is 12.3. The zero-order chi connectivity index (χ0) is 17.6. The first-order valence-corrected chi connectivity index (χ1v) is 8.59. The van der Waals surface area contributed by atoms with E-state index in [0.717, 1.165) is 29.4 Å². The highest BCUT2D eigenvalue weighted by Gasteiger charge is 2.09. The standard InChI is InChI=1S/C20H19ClN2O2/c21-16-9-10-18-15(6-3-1-2-4-8-20(24)25)14-23(19(18)12-16)17-7-5-11-22-13-17/h1,3,5,7,9-14H,2,4,6,8H2,(H,24,25). The summed E-state index contributed by atoms with van der Waals surface area (Å²) in [5.74, 6) is -0.746. The third kappa shape index (κ3) is 4.28. The lowest BCUT2D eigenvalue weighted by Gasteiger charge is -2.04. The summed E-state index contributed by atoms with van der Waals surface area (Å²) in [4.78, 5) is 14.7. The Morgan fingerprint density at radius 2 is 2.16 bits per heavy atom. The lowest BCUT2D eigenvalue weighted by molar-refractivity contribution is -0.137. The number of halogens is 1. The van der Waals surface area contributed by atoms with Crippen molar-refractivity contribution in [2.75, 3.05) is 0 Å². The van der Waals surface area contributed by atoms with Gasteiger partial charge in [0.15, 0.2) is 0 Å². The van der Waals surface area contributed by atoms with Gasteiger partial charge in [-0.3, -0.25) is 9.78 Å². The normalized spacial score (nSPS) is 11.4. The van der Waals surface area contributed by atoms with E-state index < -0.39 is 5.97 Å². The molecule has 128 valence electrons. The lowest BCUT2D eigenvalue weighted by Crippen LogP contribution is -1.92. The monoisotopic (exact) mass is 354 g/mol. The molecule has 1 N–H and O–H groups in total. The summed E-state index contributed by atoms with van der Waals surface area (Å²) in [6, 6.07) is 9.83. The predicted octanol–water partition coefficient (Wildman–Crippen LogP) is 5.03. The van der Waals surface area contributed by atoms with Crippen LogP contribution in [-0.2, 0) is 11.2 Å². The SMILES string of the molecule is O=C(O)CCCC=CCc1cn(-c2cccnc2)c2cc(Cl)ccc12. The highest BCUT2D eigenvalue weighted by atomic mass is 35.5. The molecule has 3 rings (SSSR count). The molecule has 0 saturated heterocycles. The zero-order valence-electron chi connectivity index (χ0n) is 13.7. The van der Waals surface area contributed by atoms with Gasteiger partial charge in [0.05, 0.1) is 17.4 Å². The number of pyridine rings is 1. The number of aliphatic carboxylic acids is 1.